The van der Waals surface area contributed by atoms with Gasteiger partial charge in [-0.3, -0.25) is 0 Å². The van der Waals surface area contributed by atoms with Crippen molar-refractivity contribution in [1.82, 2.24) is 9.55 Å². The van der Waals surface area contributed by atoms with Crippen molar-refractivity contribution in [3.8, 4) is 0 Å². The van der Waals surface area contributed by atoms with E-state index in [-0.39, 0.29) is 0 Å². The smallest absolute Gasteiger partial charge is 0.131 e. The SMILES string of the molecule is CC=Cc1nccn1C. The Hall–Kier alpha value is -1.05. The molecule has 0 N–H and O–H groups in total. The highest BCUT2D eigenvalue weighted by Gasteiger charge is 1.88. The first-order valence-electron chi connectivity index (χ1n) is 2.94. The van der Waals surface area contributed by atoms with Crippen LogP contribution in [0.15, 0.2) is 18.5 Å². The monoisotopic (exact) mass is 122 g/mol. The van der Waals surface area contributed by atoms with Crippen LogP contribution in [0.5, 0.6) is 0 Å². The minimum absolute atomic E-state index is 0.998. The zero-order valence-electron chi connectivity index (χ0n) is 5.70. The second-order valence-corrected chi connectivity index (χ2v) is 1.90. The molecule has 0 aliphatic carbocycles. The molecule has 0 unspecified atom stereocenters. The number of imidazole rings is 1. The van der Waals surface area contributed by atoms with Gasteiger partial charge in [0.25, 0.3) is 0 Å². The van der Waals surface area contributed by atoms with E-state index in [2.05, 4.69) is 4.98 Å². The van der Waals surface area contributed by atoms with Crippen molar-refractivity contribution in [3.63, 3.8) is 0 Å². The second-order valence-electron chi connectivity index (χ2n) is 1.90. The minimum atomic E-state index is 0.998. The summed E-state index contributed by atoms with van der Waals surface area (Å²) in [5, 5.41) is 0. The van der Waals surface area contributed by atoms with Gasteiger partial charge in [0, 0.05) is 19.4 Å². The van der Waals surface area contributed by atoms with E-state index in [0.717, 1.165) is 5.82 Å². The highest BCUT2D eigenvalue weighted by atomic mass is 15.0. The molecule has 0 saturated heterocycles. The number of aromatic nitrogens is 2. The van der Waals surface area contributed by atoms with E-state index < -0.39 is 0 Å². The summed E-state index contributed by atoms with van der Waals surface area (Å²) < 4.78 is 1.97. The van der Waals surface area contributed by atoms with E-state index in [4.69, 9.17) is 0 Å². The maximum Gasteiger partial charge on any atom is 0.131 e. The normalized spacial score (nSPS) is 10.9. The molecule has 48 valence electrons. The molecule has 0 bridgehead atoms. The average molecular weight is 122 g/mol. The van der Waals surface area contributed by atoms with E-state index in [1.807, 2.05) is 36.9 Å². The van der Waals surface area contributed by atoms with Gasteiger partial charge in [-0.05, 0) is 13.0 Å². The molecule has 2 nitrogen and oxygen atoms in total. The molecule has 1 rings (SSSR count). The first kappa shape index (κ1) is 6.08. The highest BCUT2D eigenvalue weighted by Crippen LogP contribution is 1.95. The third-order valence-corrected chi connectivity index (χ3v) is 1.17. The molecule has 0 aromatic carbocycles. The van der Waals surface area contributed by atoms with Gasteiger partial charge in [0.1, 0.15) is 5.82 Å². The summed E-state index contributed by atoms with van der Waals surface area (Å²) >= 11 is 0. The molecule has 2 heteroatoms. The second kappa shape index (κ2) is 2.49. The fourth-order valence-electron chi connectivity index (χ4n) is 0.687. The van der Waals surface area contributed by atoms with Gasteiger partial charge in [-0.2, -0.15) is 0 Å². The summed E-state index contributed by atoms with van der Waals surface area (Å²) in [4.78, 5) is 4.08. The summed E-state index contributed by atoms with van der Waals surface area (Å²) in [6.45, 7) is 1.98. The van der Waals surface area contributed by atoms with Gasteiger partial charge in [0.2, 0.25) is 0 Å². The van der Waals surface area contributed by atoms with Crippen molar-refractivity contribution in [2.24, 2.45) is 7.05 Å². The Labute approximate surface area is 54.8 Å². The van der Waals surface area contributed by atoms with Crippen molar-refractivity contribution in [2.45, 2.75) is 6.92 Å². The van der Waals surface area contributed by atoms with Crippen LogP contribution in [0, 0.1) is 0 Å². The Bertz CT molecular complexity index is 210. The maximum absolute atomic E-state index is 4.08. The fourth-order valence-corrected chi connectivity index (χ4v) is 0.687. The predicted molar refractivity (Wildman–Crippen MR) is 37.9 cm³/mol. The molecule has 0 saturated carbocycles. The molecule has 1 aromatic rings. The van der Waals surface area contributed by atoms with Gasteiger partial charge < -0.3 is 4.57 Å². The predicted octanol–water partition coefficient (Wildman–Crippen LogP) is 1.45. The van der Waals surface area contributed by atoms with Crippen molar-refractivity contribution in [2.75, 3.05) is 0 Å². The van der Waals surface area contributed by atoms with Crippen LogP contribution in [-0.2, 0) is 7.05 Å². The minimum Gasteiger partial charge on any atom is -0.335 e. The van der Waals surface area contributed by atoms with Crippen LogP contribution in [0.2, 0.25) is 0 Å². The van der Waals surface area contributed by atoms with Crippen LogP contribution in [0.1, 0.15) is 12.7 Å². The summed E-state index contributed by atoms with van der Waals surface area (Å²) in [6.07, 6.45) is 7.66. The molecule has 1 aromatic heterocycles. The first-order valence-corrected chi connectivity index (χ1v) is 2.94. The maximum atomic E-state index is 4.08. The van der Waals surface area contributed by atoms with Gasteiger partial charge in [-0.1, -0.05) is 6.08 Å². The number of hydrogen-bond donors (Lipinski definition) is 0. The van der Waals surface area contributed by atoms with E-state index in [1.54, 1.807) is 6.20 Å². The molecule has 0 atom stereocenters. The average Bonchev–Trinajstić information content (AvgIpc) is 2.18. The van der Waals surface area contributed by atoms with Crippen molar-refractivity contribution in [3.05, 3.63) is 24.3 Å². The van der Waals surface area contributed by atoms with E-state index in [9.17, 15) is 0 Å². The molecule has 0 aliphatic heterocycles. The Morgan fingerprint density at radius 3 is 2.89 bits per heavy atom. The molecule has 1 heterocycles. The Balaban J connectivity index is 2.94. The van der Waals surface area contributed by atoms with Crippen LogP contribution in [-0.4, -0.2) is 9.55 Å². The van der Waals surface area contributed by atoms with Gasteiger partial charge >= 0.3 is 0 Å². The first-order chi connectivity index (χ1) is 4.34. The Morgan fingerprint density at radius 1 is 1.67 bits per heavy atom. The van der Waals surface area contributed by atoms with Crippen LogP contribution in [0.3, 0.4) is 0 Å². The quantitative estimate of drug-likeness (QED) is 0.551. The van der Waals surface area contributed by atoms with Crippen molar-refractivity contribution >= 4 is 6.08 Å². The van der Waals surface area contributed by atoms with Gasteiger partial charge in [-0.25, -0.2) is 4.98 Å². The molecule has 0 spiro atoms. The lowest BCUT2D eigenvalue weighted by Crippen LogP contribution is -1.87. The topological polar surface area (TPSA) is 17.8 Å². The number of rotatable bonds is 1. The largest absolute Gasteiger partial charge is 0.335 e. The lowest BCUT2D eigenvalue weighted by Gasteiger charge is -1.90. The van der Waals surface area contributed by atoms with E-state index >= 15 is 0 Å². The summed E-state index contributed by atoms with van der Waals surface area (Å²) in [7, 11) is 1.97. The standard InChI is InChI=1S/C7H10N2/c1-3-4-7-8-5-6-9(7)2/h3-6H,1-2H3. The number of allylic oxidation sites excluding steroid dienone is 1. The molecule has 0 radical (unpaired) electrons. The van der Waals surface area contributed by atoms with Gasteiger partial charge in [0.15, 0.2) is 0 Å². The summed E-state index contributed by atoms with van der Waals surface area (Å²) in [5.41, 5.74) is 0. The zero-order valence-corrected chi connectivity index (χ0v) is 5.70. The Morgan fingerprint density at radius 2 is 2.44 bits per heavy atom. The third kappa shape index (κ3) is 1.19. The third-order valence-electron chi connectivity index (χ3n) is 1.17. The highest BCUT2D eigenvalue weighted by molar-refractivity contribution is 5.39. The Kier molecular flexibility index (Phi) is 1.68. The zero-order chi connectivity index (χ0) is 6.69. The van der Waals surface area contributed by atoms with Crippen LogP contribution in [0.4, 0.5) is 0 Å². The van der Waals surface area contributed by atoms with E-state index in [1.165, 1.54) is 0 Å². The van der Waals surface area contributed by atoms with Crippen molar-refractivity contribution in [1.29, 1.82) is 0 Å². The molecular weight excluding hydrogens is 112 g/mol. The molecular formula is C7H10N2. The van der Waals surface area contributed by atoms with Crippen LogP contribution < -0.4 is 0 Å². The summed E-state index contributed by atoms with van der Waals surface area (Å²) in [6, 6.07) is 0. The van der Waals surface area contributed by atoms with Crippen molar-refractivity contribution < 1.29 is 0 Å². The summed E-state index contributed by atoms with van der Waals surface area (Å²) in [5.74, 6) is 0.998. The van der Waals surface area contributed by atoms with Gasteiger partial charge in [0.05, 0.1) is 0 Å². The number of nitrogens with zero attached hydrogens (tertiary/aromatic N) is 2. The lowest BCUT2D eigenvalue weighted by molar-refractivity contribution is 0.897. The van der Waals surface area contributed by atoms with Crippen LogP contribution in [0.25, 0.3) is 6.08 Å². The van der Waals surface area contributed by atoms with Crippen LogP contribution >= 0.6 is 0 Å². The molecule has 0 aliphatic rings. The van der Waals surface area contributed by atoms with E-state index in [0.29, 0.717) is 0 Å². The molecule has 0 amide bonds. The fraction of sp³-hybridized carbons (Fsp3) is 0.286. The van der Waals surface area contributed by atoms with Gasteiger partial charge in [-0.15, -0.1) is 0 Å². The lowest BCUT2D eigenvalue weighted by atomic mass is 10.5. The number of aryl methyl sites for hydroxylation is 1. The molecule has 9 heavy (non-hydrogen) atoms. The number of hydrogen-bond acceptors (Lipinski definition) is 1. The molecule has 0 fully saturated rings.